The van der Waals surface area contributed by atoms with Gasteiger partial charge in [-0.15, -0.1) is 46.4 Å². The van der Waals surface area contributed by atoms with Gasteiger partial charge in [0.1, 0.15) is 15.5 Å². The Morgan fingerprint density at radius 3 is 1.50 bits per heavy atom. The van der Waals surface area contributed by atoms with E-state index in [4.69, 9.17) is 46.4 Å². The van der Waals surface area contributed by atoms with Crippen molar-refractivity contribution in [2.75, 3.05) is 0 Å². The smallest absolute Gasteiger partial charge is 0.138 e. The predicted molar refractivity (Wildman–Crippen MR) is 45.2 cm³/mol. The Kier molecular flexibility index (Phi) is 5.93. The summed E-state index contributed by atoms with van der Waals surface area (Å²) in [6.07, 6.45) is 0.220. The van der Waals surface area contributed by atoms with Crippen molar-refractivity contribution in [1.29, 1.82) is 0 Å². The molecule has 10 heavy (non-hydrogen) atoms. The highest BCUT2D eigenvalue weighted by Crippen LogP contribution is 2.13. The molecule has 0 aliphatic rings. The molecule has 0 atom stereocenters. The summed E-state index contributed by atoms with van der Waals surface area (Å²) < 4.78 is 0. The quantitative estimate of drug-likeness (QED) is 0.670. The molecular weight excluding hydrogens is 218 g/mol. The van der Waals surface area contributed by atoms with Crippen molar-refractivity contribution in [3.8, 4) is 0 Å². The first-order valence-electron chi connectivity index (χ1n) is 2.60. The molecule has 0 radical (unpaired) electrons. The van der Waals surface area contributed by atoms with E-state index < -0.39 is 9.67 Å². The molecule has 0 rings (SSSR count). The van der Waals surface area contributed by atoms with E-state index in [0.29, 0.717) is 0 Å². The summed E-state index contributed by atoms with van der Waals surface area (Å²) in [6, 6.07) is 0. The molecule has 0 unspecified atom stereocenters. The van der Waals surface area contributed by atoms with E-state index in [-0.39, 0.29) is 18.6 Å². The van der Waals surface area contributed by atoms with E-state index in [9.17, 15) is 4.79 Å². The van der Waals surface area contributed by atoms with Crippen LogP contribution in [0.1, 0.15) is 12.8 Å². The van der Waals surface area contributed by atoms with Crippen LogP contribution in [0.3, 0.4) is 0 Å². The van der Waals surface area contributed by atoms with Gasteiger partial charge >= 0.3 is 0 Å². The van der Waals surface area contributed by atoms with E-state index in [1.165, 1.54) is 0 Å². The number of Topliss-reactive ketones (excluding diaryl/α,β-unsaturated/α-hetero) is 1. The van der Waals surface area contributed by atoms with Gasteiger partial charge in [0.2, 0.25) is 0 Å². The van der Waals surface area contributed by atoms with Crippen molar-refractivity contribution in [2.24, 2.45) is 0 Å². The van der Waals surface area contributed by atoms with Crippen molar-refractivity contribution in [3.63, 3.8) is 0 Å². The summed E-state index contributed by atoms with van der Waals surface area (Å²) in [5.41, 5.74) is 0. The van der Waals surface area contributed by atoms with Gasteiger partial charge in [-0.25, -0.2) is 0 Å². The normalized spacial score (nSPS) is 11.0. The molecule has 0 aromatic rings. The zero-order chi connectivity index (χ0) is 8.15. The van der Waals surface area contributed by atoms with Crippen LogP contribution in [0.15, 0.2) is 0 Å². The highest BCUT2D eigenvalue weighted by Gasteiger charge is 2.11. The van der Waals surface area contributed by atoms with Gasteiger partial charge in [-0.05, 0) is 0 Å². The molecule has 0 N–H and O–H groups in total. The second-order valence-corrected chi connectivity index (χ2v) is 4.28. The Morgan fingerprint density at radius 1 is 1.00 bits per heavy atom. The van der Waals surface area contributed by atoms with E-state index in [2.05, 4.69) is 0 Å². The fraction of sp³-hybridized carbons (Fsp3) is 0.800. The summed E-state index contributed by atoms with van der Waals surface area (Å²) in [6.45, 7) is 0. The Hall–Kier alpha value is 0.830. The lowest BCUT2D eigenvalue weighted by molar-refractivity contribution is -0.118. The van der Waals surface area contributed by atoms with Crippen molar-refractivity contribution < 1.29 is 4.79 Å². The second kappa shape index (κ2) is 5.48. The average molecular weight is 224 g/mol. The number of ketones is 1. The number of halogens is 4. The lowest BCUT2D eigenvalue weighted by atomic mass is 10.2. The molecule has 60 valence electrons. The summed E-state index contributed by atoms with van der Waals surface area (Å²) in [7, 11) is 0. The number of rotatable bonds is 4. The second-order valence-electron chi connectivity index (χ2n) is 1.73. The van der Waals surface area contributed by atoms with Gasteiger partial charge in [0.05, 0.1) is 0 Å². The summed E-state index contributed by atoms with van der Waals surface area (Å²) >= 11 is 21.3. The Bertz CT molecular complexity index is 100. The van der Waals surface area contributed by atoms with E-state index in [1.807, 2.05) is 0 Å². The first-order chi connectivity index (χ1) is 4.52. The van der Waals surface area contributed by atoms with Crippen LogP contribution in [0.4, 0.5) is 0 Å². The molecule has 0 bridgehead atoms. The molecule has 0 spiro atoms. The molecule has 0 aliphatic carbocycles. The molecule has 0 amide bonds. The Morgan fingerprint density at radius 2 is 1.30 bits per heavy atom. The first-order valence-corrected chi connectivity index (χ1v) is 4.35. The highest BCUT2D eigenvalue weighted by molar-refractivity contribution is 6.46. The molecule has 5 heteroatoms. The van der Waals surface area contributed by atoms with Crippen LogP contribution in [0.2, 0.25) is 0 Å². The molecular formula is C5H6Cl4O. The van der Waals surface area contributed by atoms with E-state index in [1.54, 1.807) is 0 Å². The standard InChI is InChI=1S/C5H6Cl4O/c6-4(7)1-3(10)2-5(8)9/h4-5H,1-2H2. The van der Waals surface area contributed by atoms with Gasteiger partial charge in [-0.2, -0.15) is 0 Å². The molecule has 0 aromatic carbocycles. The van der Waals surface area contributed by atoms with E-state index >= 15 is 0 Å². The lowest BCUT2D eigenvalue weighted by Crippen LogP contribution is -2.06. The first kappa shape index (κ1) is 10.8. The van der Waals surface area contributed by atoms with Crippen molar-refractivity contribution >= 4 is 52.2 Å². The maximum atomic E-state index is 10.7. The molecule has 0 fully saturated rings. The van der Waals surface area contributed by atoms with E-state index in [0.717, 1.165) is 0 Å². The van der Waals surface area contributed by atoms with Crippen molar-refractivity contribution in [3.05, 3.63) is 0 Å². The fourth-order valence-corrected chi connectivity index (χ4v) is 1.12. The minimum Gasteiger partial charge on any atom is -0.300 e. The Balaban J connectivity index is 3.44. The van der Waals surface area contributed by atoms with Crippen LogP contribution in [-0.4, -0.2) is 15.5 Å². The Labute approximate surface area is 79.6 Å². The number of carbonyl (C=O) groups is 1. The van der Waals surface area contributed by atoms with Crippen LogP contribution in [0, 0.1) is 0 Å². The maximum Gasteiger partial charge on any atom is 0.138 e. The lowest BCUT2D eigenvalue weighted by Gasteiger charge is -2.00. The number of hydrogen-bond donors (Lipinski definition) is 0. The van der Waals surface area contributed by atoms with Crippen molar-refractivity contribution in [2.45, 2.75) is 22.5 Å². The topological polar surface area (TPSA) is 17.1 Å². The summed E-state index contributed by atoms with van der Waals surface area (Å²) in [5, 5.41) is 0. The summed E-state index contributed by atoms with van der Waals surface area (Å²) in [5.74, 6) is -0.120. The van der Waals surface area contributed by atoms with Crippen LogP contribution in [0.5, 0.6) is 0 Å². The third kappa shape index (κ3) is 6.94. The van der Waals surface area contributed by atoms with Gasteiger partial charge in [-0.1, -0.05) is 0 Å². The van der Waals surface area contributed by atoms with Gasteiger partial charge in [0, 0.05) is 12.8 Å². The van der Waals surface area contributed by atoms with Crippen LogP contribution in [-0.2, 0) is 4.79 Å². The number of carbonyl (C=O) groups excluding carboxylic acids is 1. The zero-order valence-electron chi connectivity index (χ0n) is 4.99. The van der Waals surface area contributed by atoms with Gasteiger partial charge in [0.25, 0.3) is 0 Å². The number of alkyl halides is 4. The number of hydrogen-bond acceptors (Lipinski definition) is 1. The summed E-state index contributed by atoms with van der Waals surface area (Å²) in [4.78, 5) is 9.42. The fourth-order valence-electron chi connectivity index (χ4n) is 0.428. The molecule has 0 saturated heterocycles. The van der Waals surface area contributed by atoms with Crippen molar-refractivity contribution in [1.82, 2.24) is 0 Å². The predicted octanol–water partition coefficient (Wildman–Crippen LogP) is 2.94. The zero-order valence-corrected chi connectivity index (χ0v) is 8.01. The van der Waals surface area contributed by atoms with Crippen LogP contribution >= 0.6 is 46.4 Å². The minimum atomic E-state index is -0.653. The molecule has 1 nitrogen and oxygen atoms in total. The molecule has 0 aliphatic heterocycles. The third-order valence-electron chi connectivity index (χ3n) is 0.764. The monoisotopic (exact) mass is 222 g/mol. The highest BCUT2D eigenvalue weighted by atomic mass is 35.5. The third-order valence-corrected chi connectivity index (χ3v) is 1.38. The van der Waals surface area contributed by atoms with Gasteiger partial charge in [-0.3, -0.25) is 4.79 Å². The average Bonchev–Trinajstić information content (AvgIpc) is 1.58. The van der Waals surface area contributed by atoms with Gasteiger partial charge < -0.3 is 0 Å². The largest absolute Gasteiger partial charge is 0.300 e. The molecule has 0 saturated carbocycles. The minimum absolute atomic E-state index is 0.110. The SMILES string of the molecule is O=C(CC(Cl)Cl)CC(Cl)Cl. The molecule has 0 heterocycles. The van der Waals surface area contributed by atoms with Crippen LogP contribution in [0.25, 0.3) is 0 Å². The molecule has 0 aromatic heterocycles. The van der Waals surface area contributed by atoms with Crippen LogP contribution < -0.4 is 0 Å². The maximum absolute atomic E-state index is 10.7. The van der Waals surface area contributed by atoms with Gasteiger partial charge in [0.15, 0.2) is 0 Å².